The fourth-order valence-corrected chi connectivity index (χ4v) is 4.46. The van der Waals surface area contributed by atoms with Crippen molar-refractivity contribution < 1.29 is 73.8 Å². The Bertz CT molecular complexity index is 1090. The van der Waals surface area contributed by atoms with Gasteiger partial charge in [0, 0.05) is 18.3 Å². The van der Waals surface area contributed by atoms with Crippen LogP contribution in [0.3, 0.4) is 0 Å². The lowest BCUT2D eigenvalue weighted by atomic mass is 9.79. The molecule has 40 heavy (non-hydrogen) atoms. The molecule has 0 amide bonds. The number of carboxylic acids is 1. The molecule has 1 fully saturated rings. The number of hydrogen-bond acceptors (Lipinski definition) is 14. The number of benzene rings is 1. The number of phenols is 2. The molecule has 2 aliphatic heterocycles. The van der Waals surface area contributed by atoms with Gasteiger partial charge in [-0.25, -0.2) is 4.79 Å². The maximum atomic E-state index is 12.7. The van der Waals surface area contributed by atoms with E-state index in [1.807, 2.05) is 0 Å². The van der Waals surface area contributed by atoms with Gasteiger partial charge in [0.2, 0.25) is 6.29 Å². The highest BCUT2D eigenvalue weighted by atomic mass is 16.8. The molecule has 0 aromatic heterocycles. The molecular weight excluding hydrogens is 540 g/mol. The van der Waals surface area contributed by atoms with Gasteiger partial charge in [0.15, 0.2) is 17.8 Å². The number of aliphatic hydroxyl groups is 4. The molecule has 0 spiro atoms. The number of aliphatic carboxylic acids is 1. The number of carbonyl (C=O) groups excluding carboxylic acids is 2. The summed E-state index contributed by atoms with van der Waals surface area (Å²) in [6.45, 7) is -0.878. The largest absolute Gasteiger partial charge is 0.504 e. The number of esters is 2. The van der Waals surface area contributed by atoms with Gasteiger partial charge in [-0.05, 0) is 17.7 Å². The highest BCUT2D eigenvalue weighted by Gasteiger charge is 2.49. The molecule has 15 heteroatoms. The van der Waals surface area contributed by atoms with Crippen LogP contribution in [0.2, 0.25) is 0 Å². The number of aliphatic hydroxyl groups excluding tert-OH is 4. The Balaban J connectivity index is 1.77. The minimum absolute atomic E-state index is 0.141. The van der Waals surface area contributed by atoms with Crippen molar-refractivity contribution in [2.75, 3.05) is 20.3 Å². The third-order valence-corrected chi connectivity index (χ3v) is 6.62. The molecule has 0 bridgehead atoms. The second-order valence-electron chi connectivity index (χ2n) is 9.27. The minimum atomic E-state index is -1.82. The second-order valence-corrected chi connectivity index (χ2v) is 9.27. The Morgan fingerprint density at radius 1 is 0.975 bits per heavy atom. The van der Waals surface area contributed by atoms with Crippen LogP contribution in [0.25, 0.3) is 0 Å². The van der Waals surface area contributed by atoms with Crippen molar-refractivity contribution in [1.82, 2.24) is 0 Å². The molecule has 7 N–H and O–H groups in total. The summed E-state index contributed by atoms with van der Waals surface area (Å²) in [5.74, 6) is -6.10. The normalized spacial score (nSPS) is 30.1. The van der Waals surface area contributed by atoms with Gasteiger partial charge in [-0.3, -0.25) is 9.59 Å². The number of rotatable bonds is 11. The zero-order chi connectivity index (χ0) is 29.6. The van der Waals surface area contributed by atoms with E-state index in [2.05, 4.69) is 0 Å². The molecule has 2 heterocycles. The number of methoxy groups -OCH3 is 1. The van der Waals surface area contributed by atoms with E-state index in [1.54, 1.807) is 0 Å². The van der Waals surface area contributed by atoms with Crippen molar-refractivity contribution in [2.45, 2.75) is 56.3 Å². The average molecular weight is 573 g/mol. The highest BCUT2D eigenvalue weighted by Crippen LogP contribution is 2.38. The van der Waals surface area contributed by atoms with Crippen molar-refractivity contribution in [3.63, 3.8) is 0 Å². The van der Waals surface area contributed by atoms with Crippen LogP contribution in [0, 0.1) is 11.8 Å². The molecule has 2 aliphatic rings. The number of carboxylic acid groups (broad SMARTS) is 1. The number of aromatic hydroxyl groups is 2. The zero-order valence-corrected chi connectivity index (χ0v) is 21.4. The second kappa shape index (κ2) is 13.7. The highest BCUT2D eigenvalue weighted by molar-refractivity contribution is 5.90. The molecule has 0 radical (unpaired) electrons. The molecule has 222 valence electrons. The lowest BCUT2D eigenvalue weighted by molar-refractivity contribution is -0.341. The smallest absolute Gasteiger partial charge is 0.337 e. The van der Waals surface area contributed by atoms with Gasteiger partial charge >= 0.3 is 17.9 Å². The lowest BCUT2D eigenvalue weighted by Crippen LogP contribution is -2.60. The summed E-state index contributed by atoms with van der Waals surface area (Å²) in [6, 6.07) is 4.08. The third kappa shape index (κ3) is 7.38. The quantitative estimate of drug-likeness (QED) is 0.118. The van der Waals surface area contributed by atoms with Crippen molar-refractivity contribution >= 4 is 17.9 Å². The van der Waals surface area contributed by atoms with Crippen molar-refractivity contribution in [2.24, 2.45) is 11.8 Å². The zero-order valence-electron chi connectivity index (χ0n) is 21.4. The van der Waals surface area contributed by atoms with E-state index in [4.69, 9.17) is 23.7 Å². The molecule has 1 saturated heterocycles. The predicted octanol–water partition coefficient (Wildman–Crippen LogP) is -1.49. The van der Waals surface area contributed by atoms with Crippen LogP contribution in [-0.4, -0.2) is 111 Å². The van der Waals surface area contributed by atoms with E-state index in [0.717, 1.165) is 13.4 Å². The number of phenolic OH excluding ortho intramolecular Hbond substituents is 2. The van der Waals surface area contributed by atoms with E-state index in [-0.39, 0.29) is 30.1 Å². The van der Waals surface area contributed by atoms with Crippen LogP contribution in [0.4, 0.5) is 0 Å². The van der Waals surface area contributed by atoms with Crippen molar-refractivity contribution in [1.29, 1.82) is 0 Å². The molecule has 15 nitrogen and oxygen atoms in total. The fraction of sp³-hybridized carbons (Fsp3) is 0.560. The first-order chi connectivity index (χ1) is 19.0. The van der Waals surface area contributed by atoms with E-state index in [0.29, 0.717) is 5.56 Å². The van der Waals surface area contributed by atoms with Gasteiger partial charge in [0.1, 0.15) is 24.4 Å². The molecule has 0 saturated carbocycles. The average Bonchev–Trinajstić information content (AvgIpc) is 2.92. The summed E-state index contributed by atoms with van der Waals surface area (Å²) in [5, 5.41) is 68.4. The maximum Gasteiger partial charge on any atom is 0.337 e. The Hall–Kier alpha value is -3.47. The molecule has 0 aliphatic carbocycles. The van der Waals surface area contributed by atoms with Crippen molar-refractivity contribution in [3.8, 4) is 11.5 Å². The van der Waals surface area contributed by atoms with E-state index in [9.17, 15) is 50.1 Å². The number of carbonyl (C=O) groups is 3. The summed E-state index contributed by atoms with van der Waals surface area (Å²) in [6.07, 6.45) is -9.86. The summed E-state index contributed by atoms with van der Waals surface area (Å²) in [5.41, 5.74) is 0.379. The van der Waals surface area contributed by atoms with E-state index < -0.39 is 86.2 Å². The Morgan fingerprint density at radius 2 is 1.70 bits per heavy atom. The van der Waals surface area contributed by atoms with Crippen LogP contribution in [0.15, 0.2) is 30.0 Å². The first-order valence-corrected chi connectivity index (χ1v) is 12.2. The molecule has 8 unspecified atom stereocenters. The standard InChI is InChI=1S/C25H32O15/c1-36-23(35)14-10-38-24(40-25-22(34)21(33)20(32)17(9-26)39-25)13(7-18(29)30)12(14)8-19(31)37-5-4-11-2-3-15(27)16(28)6-11/h2-3,6,10,12-13,17,20-22,24-28,32-34H,4-5,7-9H2,1H3,(H,29,30). The Morgan fingerprint density at radius 3 is 2.33 bits per heavy atom. The first kappa shape index (κ1) is 31.1. The van der Waals surface area contributed by atoms with Crippen molar-refractivity contribution in [3.05, 3.63) is 35.6 Å². The molecule has 3 rings (SSSR count). The van der Waals surface area contributed by atoms with Gasteiger partial charge in [-0.15, -0.1) is 0 Å². The molecule has 1 aromatic carbocycles. The monoisotopic (exact) mass is 572 g/mol. The summed E-state index contributed by atoms with van der Waals surface area (Å²) in [4.78, 5) is 36.9. The molecule has 1 aromatic rings. The Labute approximate surface area is 227 Å². The van der Waals surface area contributed by atoms with Gasteiger partial charge in [-0.1, -0.05) is 6.07 Å². The van der Waals surface area contributed by atoms with Crippen LogP contribution in [0.1, 0.15) is 18.4 Å². The number of ether oxygens (including phenoxy) is 5. The van der Waals surface area contributed by atoms with Crippen LogP contribution in [0.5, 0.6) is 11.5 Å². The molecule has 8 atom stereocenters. The van der Waals surface area contributed by atoms with E-state index >= 15 is 0 Å². The number of hydrogen-bond donors (Lipinski definition) is 7. The summed E-state index contributed by atoms with van der Waals surface area (Å²) < 4.78 is 26.4. The maximum absolute atomic E-state index is 12.7. The Kier molecular flexibility index (Phi) is 10.7. The first-order valence-electron chi connectivity index (χ1n) is 12.2. The predicted molar refractivity (Wildman–Crippen MR) is 128 cm³/mol. The minimum Gasteiger partial charge on any atom is -0.504 e. The van der Waals surface area contributed by atoms with Gasteiger partial charge in [0.05, 0.1) is 45.0 Å². The topological polar surface area (TPSA) is 239 Å². The molecular formula is C25H32O15. The summed E-state index contributed by atoms with van der Waals surface area (Å²) in [7, 11) is 1.08. The third-order valence-electron chi connectivity index (χ3n) is 6.62. The van der Waals surface area contributed by atoms with Crippen LogP contribution >= 0.6 is 0 Å². The van der Waals surface area contributed by atoms with E-state index in [1.165, 1.54) is 18.2 Å². The van der Waals surface area contributed by atoms with Gasteiger partial charge < -0.3 is 59.4 Å². The van der Waals surface area contributed by atoms with Crippen LogP contribution in [-0.2, 0) is 44.5 Å². The fourth-order valence-electron chi connectivity index (χ4n) is 4.46. The van der Waals surface area contributed by atoms with Gasteiger partial charge in [0.25, 0.3) is 0 Å². The van der Waals surface area contributed by atoms with Crippen LogP contribution < -0.4 is 0 Å². The summed E-state index contributed by atoms with van der Waals surface area (Å²) >= 11 is 0. The SMILES string of the molecule is COC(=O)C1=COC(OC2OC(CO)C(O)C(O)C2O)C(CC(=O)O)C1CC(=O)OCCc1ccc(O)c(O)c1. The lowest BCUT2D eigenvalue weighted by Gasteiger charge is -2.43. The van der Waals surface area contributed by atoms with Gasteiger partial charge in [-0.2, -0.15) is 0 Å².